The zero-order valence-corrected chi connectivity index (χ0v) is 27.5. The van der Waals surface area contributed by atoms with E-state index in [1.165, 1.54) is 44.9 Å². The zero-order chi connectivity index (χ0) is 30.9. The number of aliphatic hydroxyl groups is 4. The number of rotatable bonds is 2. The third-order valence-electron chi connectivity index (χ3n) is 15.5. The SMILES string of the molecule is CC(C)C1=C2CCCCC2C2=C3C(CCC2)CC(C2CCC4(O)C5=CC(=O)C6CC(O)C(O)CC6(C)C5CCC24C)C(O)C13. The topological polar surface area (TPSA) is 98.0 Å². The number of carbonyl (C=O) groups excluding carboxylic acids is 1. The molecule has 4 N–H and O–H groups in total. The fourth-order valence-corrected chi connectivity index (χ4v) is 13.6. The van der Waals surface area contributed by atoms with E-state index in [1.54, 1.807) is 28.4 Å². The Bertz CT molecular complexity index is 1330. The second-order valence-electron chi connectivity index (χ2n) is 17.5. The van der Waals surface area contributed by atoms with E-state index in [-0.39, 0.29) is 35.4 Å². The van der Waals surface area contributed by atoms with Crippen molar-refractivity contribution in [3.8, 4) is 0 Å². The molecule has 8 aliphatic rings. The lowest BCUT2D eigenvalue weighted by atomic mass is 9.45. The summed E-state index contributed by atoms with van der Waals surface area (Å²) < 4.78 is 0. The zero-order valence-electron chi connectivity index (χ0n) is 27.5. The van der Waals surface area contributed by atoms with E-state index < -0.39 is 34.7 Å². The van der Waals surface area contributed by atoms with Gasteiger partial charge in [-0.15, -0.1) is 0 Å². The maximum Gasteiger partial charge on any atom is 0.159 e. The average Bonchev–Trinajstić information content (AvgIpc) is 3.27. The number of hydrogen-bond donors (Lipinski definition) is 4. The van der Waals surface area contributed by atoms with E-state index in [1.807, 2.05) is 0 Å². The van der Waals surface area contributed by atoms with Crippen LogP contribution in [0.2, 0.25) is 0 Å². The summed E-state index contributed by atoms with van der Waals surface area (Å²) >= 11 is 0. The summed E-state index contributed by atoms with van der Waals surface area (Å²) in [5.41, 5.74) is 5.58. The molecule has 8 rings (SSSR count). The molecule has 13 atom stereocenters. The van der Waals surface area contributed by atoms with Gasteiger partial charge in [0.1, 0.15) is 0 Å². The molecule has 0 aromatic rings. The van der Waals surface area contributed by atoms with Crippen LogP contribution in [0.15, 0.2) is 33.9 Å². The first-order valence-corrected chi connectivity index (χ1v) is 18.4. The molecule has 0 bridgehead atoms. The first-order chi connectivity index (χ1) is 20.9. The lowest BCUT2D eigenvalue weighted by Crippen LogP contribution is -2.61. The number of hydrogen-bond acceptors (Lipinski definition) is 5. The van der Waals surface area contributed by atoms with Crippen LogP contribution in [0.1, 0.15) is 118 Å². The van der Waals surface area contributed by atoms with Crippen LogP contribution in [0, 0.1) is 58.2 Å². The summed E-state index contributed by atoms with van der Waals surface area (Å²) in [4.78, 5) is 13.7. The highest BCUT2D eigenvalue weighted by Crippen LogP contribution is 2.70. The molecule has 5 heteroatoms. The molecule has 5 fully saturated rings. The normalized spacial score (nSPS) is 51.8. The summed E-state index contributed by atoms with van der Waals surface area (Å²) in [7, 11) is 0. The van der Waals surface area contributed by atoms with Crippen LogP contribution in [0.3, 0.4) is 0 Å². The maximum atomic E-state index is 13.7. The minimum atomic E-state index is -1.07. The van der Waals surface area contributed by atoms with Gasteiger partial charge in [0.2, 0.25) is 0 Å². The molecule has 0 aliphatic heterocycles. The molecule has 0 heterocycles. The Kier molecular flexibility index (Phi) is 6.92. The van der Waals surface area contributed by atoms with Crippen molar-refractivity contribution in [1.29, 1.82) is 0 Å². The molecule has 5 saturated carbocycles. The van der Waals surface area contributed by atoms with Crippen LogP contribution < -0.4 is 0 Å². The lowest BCUT2D eigenvalue weighted by molar-refractivity contribution is -0.156. The summed E-state index contributed by atoms with van der Waals surface area (Å²) in [6, 6.07) is 0. The number of allylic oxidation sites excluding steroid dienone is 3. The van der Waals surface area contributed by atoms with E-state index in [0.717, 1.165) is 31.3 Å². The quantitative estimate of drug-likeness (QED) is 0.272. The number of ketones is 1. The van der Waals surface area contributed by atoms with Crippen molar-refractivity contribution >= 4 is 5.78 Å². The standard InChI is InChI=1S/C39H56O5/c1-20(2)33-23-10-6-5-9-22(23)24-11-7-8-21-16-25(36(43)35(33)34(21)24)26-13-15-39(44)28-17-30(40)29-18-31(41)32(42)19-37(29,3)27(28)12-14-38(26,39)4/h17,20-22,25-27,29,31-32,35-36,41-44H,5-16,18-19H2,1-4H3. The summed E-state index contributed by atoms with van der Waals surface area (Å²) in [6.07, 6.45) is 13.5. The van der Waals surface area contributed by atoms with Gasteiger partial charge in [0.25, 0.3) is 0 Å². The maximum absolute atomic E-state index is 13.7. The first-order valence-electron chi connectivity index (χ1n) is 18.4. The van der Waals surface area contributed by atoms with Crippen LogP contribution in [-0.4, -0.2) is 50.1 Å². The Labute approximate surface area is 264 Å². The highest BCUT2D eigenvalue weighted by molar-refractivity contribution is 5.95. The van der Waals surface area contributed by atoms with Gasteiger partial charge in [-0.1, -0.05) is 56.4 Å². The van der Waals surface area contributed by atoms with Gasteiger partial charge < -0.3 is 20.4 Å². The monoisotopic (exact) mass is 604 g/mol. The Morgan fingerprint density at radius 1 is 0.864 bits per heavy atom. The molecular weight excluding hydrogens is 548 g/mol. The van der Waals surface area contributed by atoms with Gasteiger partial charge >= 0.3 is 0 Å². The van der Waals surface area contributed by atoms with Crippen LogP contribution >= 0.6 is 0 Å². The fraction of sp³-hybridized carbons (Fsp3) is 0.821. The van der Waals surface area contributed by atoms with Crippen molar-refractivity contribution in [3.05, 3.63) is 33.9 Å². The van der Waals surface area contributed by atoms with Gasteiger partial charge in [-0.2, -0.15) is 0 Å². The Morgan fingerprint density at radius 3 is 2.41 bits per heavy atom. The van der Waals surface area contributed by atoms with Gasteiger partial charge in [0.15, 0.2) is 5.78 Å². The van der Waals surface area contributed by atoms with E-state index in [2.05, 4.69) is 27.7 Å². The molecule has 0 spiro atoms. The average molecular weight is 605 g/mol. The summed E-state index contributed by atoms with van der Waals surface area (Å²) in [5, 5.41) is 46.7. The molecule has 0 radical (unpaired) electrons. The molecule has 8 aliphatic carbocycles. The molecule has 0 aromatic carbocycles. The van der Waals surface area contributed by atoms with Crippen molar-refractivity contribution in [1.82, 2.24) is 0 Å². The van der Waals surface area contributed by atoms with Gasteiger partial charge in [0, 0.05) is 23.2 Å². The molecule has 0 aromatic heterocycles. The number of carbonyl (C=O) groups is 1. The van der Waals surface area contributed by atoms with E-state index >= 15 is 0 Å². The van der Waals surface area contributed by atoms with Gasteiger partial charge in [-0.05, 0) is 130 Å². The molecule has 242 valence electrons. The van der Waals surface area contributed by atoms with Crippen LogP contribution in [-0.2, 0) is 4.79 Å². The van der Waals surface area contributed by atoms with Crippen LogP contribution in [0.25, 0.3) is 0 Å². The van der Waals surface area contributed by atoms with E-state index in [0.29, 0.717) is 37.0 Å². The Hall–Kier alpha value is -1.27. The largest absolute Gasteiger partial charge is 0.392 e. The lowest BCUT2D eigenvalue weighted by Gasteiger charge is -2.61. The predicted molar refractivity (Wildman–Crippen MR) is 170 cm³/mol. The van der Waals surface area contributed by atoms with Gasteiger partial charge in [0.05, 0.1) is 23.9 Å². The van der Waals surface area contributed by atoms with Gasteiger partial charge in [-0.3, -0.25) is 4.79 Å². The predicted octanol–water partition coefficient (Wildman–Crippen LogP) is 6.44. The molecule has 5 nitrogen and oxygen atoms in total. The molecule has 44 heavy (non-hydrogen) atoms. The fourth-order valence-electron chi connectivity index (χ4n) is 13.6. The molecule has 0 amide bonds. The van der Waals surface area contributed by atoms with Gasteiger partial charge in [-0.25, -0.2) is 0 Å². The van der Waals surface area contributed by atoms with E-state index in [9.17, 15) is 25.2 Å². The Morgan fingerprint density at radius 2 is 1.64 bits per heavy atom. The molecule has 13 unspecified atom stereocenters. The van der Waals surface area contributed by atoms with Crippen molar-refractivity contribution in [2.75, 3.05) is 0 Å². The van der Waals surface area contributed by atoms with Crippen LogP contribution in [0.4, 0.5) is 0 Å². The minimum absolute atomic E-state index is 0.0190. The number of fused-ring (bicyclic) bond motifs is 7. The highest BCUT2D eigenvalue weighted by atomic mass is 16.3. The van der Waals surface area contributed by atoms with E-state index in [4.69, 9.17) is 0 Å². The summed E-state index contributed by atoms with van der Waals surface area (Å²) in [5.74, 6) is 1.87. The molecular formula is C39H56O5. The minimum Gasteiger partial charge on any atom is -0.392 e. The van der Waals surface area contributed by atoms with Crippen molar-refractivity contribution in [2.45, 2.75) is 141 Å². The van der Waals surface area contributed by atoms with Crippen molar-refractivity contribution in [3.63, 3.8) is 0 Å². The third kappa shape index (κ3) is 3.82. The second-order valence-corrected chi connectivity index (χ2v) is 17.5. The molecule has 0 saturated heterocycles. The third-order valence-corrected chi connectivity index (χ3v) is 15.5. The first kappa shape index (κ1) is 30.1. The smallest absolute Gasteiger partial charge is 0.159 e. The Balaban J connectivity index is 1.17. The van der Waals surface area contributed by atoms with Crippen LogP contribution in [0.5, 0.6) is 0 Å². The summed E-state index contributed by atoms with van der Waals surface area (Å²) in [6.45, 7) is 9.12. The second kappa shape index (κ2) is 10.1. The highest BCUT2D eigenvalue weighted by Gasteiger charge is 2.68. The number of aliphatic hydroxyl groups excluding tert-OH is 3. The van der Waals surface area contributed by atoms with Crippen molar-refractivity contribution in [2.24, 2.45) is 58.2 Å². The van der Waals surface area contributed by atoms with Crippen molar-refractivity contribution < 1.29 is 25.2 Å².